The lowest BCUT2D eigenvalue weighted by Gasteiger charge is -2.27. The second kappa shape index (κ2) is 6.80. The molecule has 0 saturated carbocycles. The molecule has 0 atom stereocenters. The molecular weight excluding hydrogens is 192 g/mol. The van der Waals surface area contributed by atoms with Crippen LogP contribution >= 0.6 is 0 Å². The molecule has 4 heteroatoms. The van der Waals surface area contributed by atoms with Crippen LogP contribution in [0.25, 0.3) is 0 Å². The lowest BCUT2D eigenvalue weighted by Crippen LogP contribution is -2.48. The quantitative estimate of drug-likeness (QED) is 0.747. The van der Waals surface area contributed by atoms with Gasteiger partial charge in [0.25, 0.3) is 0 Å². The van der Waals surface area contributed by atoms with Gasteiger partial charge in [0.1, 0.15) is 0 Å². The molecule has 1 aliphatic heterocycles. The van der Waals surface area contributed by atoms with E-state index in [-0.39, 0.29) is 5.91 Å². The van der Waals surface area contributed by atoms with Crippen LogP contribution in [0.4, 0.5) is 0 Å². The second-order valence-corrected chi connectivity index (χ2v) is 4.02. The van der Waals surface area contributed by atoms with Crippen LogP contribution in [0.1, 0.15) is 33.1 Å². The summed E-state index contributed by atoms with van der Waals surface area (Å²) in [6.45, 7) is 7.30. The summed E-state index contributed by atoms with van der Waals surface area (Å²) in [5.74, 6) is 0.664. The molecule has 0 spiro atoms. The highest BCUT2D eigenvalue weighted by molar-refractivity contribution is 5.75. The summed E-state index contributed by atoms with van der Waals surface area (Å²) in [4.78, 5) is 11.6. The van der Waals surface area contributed by atoms with Crippen LogP contribution in [0.15, 0.2) is 0 Å². The number of ether oxygens (including phenoxy) is 1. The van der Waals surface area contributed by atoms with E-state index in [9.17, 15) is 4.79 Å². The Bertz CT molecular complexity index is 187. The molecule has 1 aliphatic rings. The molecule has 0 aromatic heterocycles. The summed E-state index contributed by atoms with van der Waals surface area (Å²) in [6.07, 6.45) is 2.80. The van der Waals surface area contributed by atoms with Gasteiger partial charge in [0.15, 0.2) is 0 Å². The Balaban J connectivity index is 2.21. The van der Waals surface area contributed by atoms with Gasteiger partial charge in [-0.3, -0.25) is 10.2 Å². The molecule has 1 heterocycles. The fraction of sp³-hybridized carbons (Fsp3) is 0.909. The number of hydrogen-bond acceptors (Lipinski definition) is 3. The summed E-state index contributed by atoms with van der Waals surface area (Å²) in [7, 11) is 0. The van der Waals surface area contributed by atoms with Crippen LogP contribution in [0, 0.1) is 5.92 Å². The smallest absolute Gasteiger partial charge is 0.234 e. The van der Waals surface area contributed by atoms with Gasteiger partial charge in [0, 0.05) is 19.5 Å². The lowest BCUT2D eigenvalue weighted by molar-refractivity contribution is -0.129. The maximum atomic E-state index is 11.6. The number of morpholine rings is 1. The molecule has 0 aromatic carbocycles. The topological polar surface area (TPSA) is 41.6 Å². The third kappa shape index (κ3) is 4.62. The first-order chi connectivity index (χ1) is 7.26. The molecule has 15 heavy (non-hydrogen) atoms. The first-order valence-corrected chi connectivity index (χ1v) is 5.88. The van der Waals surface area contributed by atoms with Gasteiger partial charge in [-0.1, -0.05) is 26.7 Å². The molecule has 1 N–H and O–H groups in total. The summed E-state index contributed by atoms with van der Waals surface area (Å²) < 4.78 is 5.21. The number of rotatable bonds is 5. The number of hydrazine groups is 1. The van der Waals surface area contributed by atoms with E-state index in [4.69, 9.17) is 4.74 Å². The van der Waals surface area contributed by atoms with Crippen LogP contribution in [0.3, 0.4) is 0 Å². The summed E-state index contributed by atoms with van der Waals surface area (Å²) in [6, 6.07) is 0. The lowest BCUT2D eigenvalue weighted by atomic mass is 9.99. The van der Waals surface area contributed by atoms with Gasteiger partial charge in [-0.2, -0.15) is 0 Å². The molecule has 1 saturated heterocycles. The Morgan fingerprint density at radius 3 is 2.47 bits per heavy atom. The largest absolute Gasteiger partial charge is 0.379 e. The first-order valence-electron chi connectivity index (χ1n) is 5.88. The van der Waals surface area contributed by atoms with Crippen molar-refractivity contribution in [1.82, 2.24) is 10.4 Å². The standard InChI is InChI=1S/C11H22N2O2/c1-3-10(4-2)9-11(14)12-13-5-7-15-8-6-13/h10H,3-9H2,1-2H3,(H,12,14). The third-order valence-corrected chi connectivity index (χ3v) is 2.92. The zero-order chi connectivity index (χ0) is 11.1. The van der Waals surface area contributed by atoms with Crippen molar-refractivity contribution in [3.05, 3.63) is 0 Å². The fourth-order valence-corrected chi connectivity index (χ4v) is 1.74. The molecular formula is C11H22N2O2. The van der Waals surface area contributed by atoms with Gasteiger partial charge in [-0.15, -0.1) is 0 Å². The van der Waals surface area contributed by atoms with Crippen molar-refractivity contribution < 1.29 is 9.53 Å². The summed E-state index contributed by atoms with van der Waals surface area (Å²) in [5, 5.41) is 1.95. The Morgan fingerprint density at radius 2 is 1.93 bits per heavy atom. The summed E-state index contributed by atoms with van der Waals surface area (Å²) >= 11 is 0. The molecule has 0 unspecified atom stereocenters. The zero-order valence-electron chi connectivity index (χ0n) is 9.79. The Kier molecular flexibility index (Phi) is 5.65. The van der Waals surface area contributed by atoms with Crippen molar-refractivity contribution in [3.8, 4) is 0 Å². The Morgan fingerprint density at radius 1 is 1.33 bits per heavy atom. The van der Waals surface area contributed by atoms with E-state index in [1.165, 1.54) is 0 Å². The van der Waals surface area contributed by atoms with E-state index >= 15 is 0 Å². The average Bonchev–Trinajstić information content (AvgIpc) is 2.27. The van der Waals surface area contributed by atoms with Crippen LogP contribution in [-0.2, 0) is 9.53 Å². The Labute approximate surface area is 91.9 Å². The molecule has 1 rings (SSSR count). The molecule has 1 fully saturated rings. The predicted molar refractivity (Wildman–Crippen MR) is 59.2 cm³/mol. The van der Waals surface area contributed by atoms with Gasteiger partial charge in [0.2, 0.25) is 5.91 Å². The fourth-order valence-electron chi connectivity index (χ4n) is 1.74. The molecule has 1 amide bonds. The maximum absolute atomic E-state index is 11.6. The number of nitrogens with zero attached hydrogens (tertiary/aromatic N) is 1. The van der Waals surface area contributed by atoms with E-state index in [0.717, 1.165) is 25.9 Å². The molecule has 4 nitrogen and oxygen atoms in total. The number of carbonyl (C=O) groups is 1. The zero-order valence-corrected chi connectivity index (χ0v) is 9.79. The van der Waals surface area contributed by atoms with Crippen molar-refractivity contribution in [2.75, 3.05) is 26.3 Å². The van der Waals surface area contributed by atoms with Gasteiger partial charge < -0.3 is 4.74 Å². The molecule has 0 radical (unpaired) electrons. The van der Waals surface area contributed by atoms with Crippen molar-refractivity contribution in [2.24, 2.45) is 5.92 Å². The van der Waals surface area contributed by atoms with Crippen molar-refractivity contribution in [2.45, 2.75) is 33.1 Å². The van der Waals surface area contributed by atoms with Gasteiger partial charge in [0.05, 0.1) is 13.2 Å². The normalized spacial score (nSPS) is 18.1. The van der Waals surface area contributed by atoms with E-state index in [1.807, 2.05) is 5.01 Å². The maximum Gasteiger partial charge on any atom is 0.234 e. The summed E-state index contributed by atoms with van der Waals surface area (Å²) in [5.41, 5.74) is 2.93. The molecule has 0 aliphatic carbocycles. The van der Waals surface area contributed by atoms with Gasteiger partial charge >= 0.3 is 0 Å². The molecule has 0 bridgehead atoms. The monoisotopic (exact) mass is 214 g/mol. The number of nitrogens with one attached hydrogen (secondary N) is 1. The average molecular weight is 214 g/mol. The van der Waals surface area contributed by atoms with Crippen LogP contribution in [0.2, 0.25) is 0 Å². The highest BCUT2D eigenvalue weighted by atomic mass is 16.5. The van der Waals surface area contributed by atoms with Crippen LogP contribution in [0.5, 0.6) is 0 Å². The van der Waals surface area contributed by atoms with E-state index in [2.05, 4.69) is 19.3 Å². The van der Waals surface area contributed by atoms with Crippen molar-refractivity contribution in [1.29, 1.82) is 0 Å². The number of carbonyl (C=O) groups excluding carboxylic acids is 1. The highest BCUT2D eigenvalue weighted by Gasteiger charge is 2.15. The van der Waals surface area contributed by atoms with E-state index in [1.54, 1.807) is 0 Å². The minimum absolute atomic E-state index is 0.144. The Hall–Kier alpha value is -0.610. The minimum Gasteiger partial charge on any atom is -0.379 e. The van der Waals surface area contributed by atoms with E-state index in [0.29, 0.717) is 25.6 Å². The highest BCUT2D eigenvalue weighted by Crippen LogP contribution is 2.11. The predicted octanol–water partition coefficient (Wildman–Crippen LogP) is 1.18. The van der Waals surface area contributed by atoms with Gasteiger partial charge in [-0.05, 0) is 5.92 Å². The van der Waals surface area contributed by atoms with E-state index < -0.39 is 0 Å². The van der Waals surface area contributed by atoms with Crippen LogP contribution in [-0.4, -0.2) is 37.2 Å². The van der Waals surface area contributed by atoms with Crippen LogP contribution < -0.4 is 5.43 Å². The molecule has 88 valence electrons. The minimum atomic E-state index is 0.144. The first kappa shape index (κ1) is 12.5. The second-order valence-electron chi connectivity index (χ2n) is 4.02. The number of amides is 1. The van der Waals surface area contributed by atoms with Crippen molar-refractivity contribution >= 4 is 5.91 Å². The SMILES string of the molecule is CCC(CC)CC(=O)NN1CCOCC1. The molecule has 0 aromatic rings. The third-order valence-electron chi connectivity index (χ3n) is 2.92. The van der Waals surface area contributed by atoms with Gasteiger partial charge in [-0.25, -0.2) is 5.01 Å². The number of hydrogen-bond donors (Lipinski definition) is 1. The van der Waals surface area contributed by atoms with Crippen molar-refractivity contribution in [3.63, 3.8) is 0 Å².